The first-order valence-corrected chi connectivity index (χ1v) is 7.19. The van der Waals surface area contributed by atoms with Gasteiger partial charge in [0.15, 0.2) is 0 Å². The molecule has 0 spiro atoms. The van der Waals surface area contributed by atoms with Crippen molar-refractivity contribution in [3.05, 3.63) is 56.2 Å². The largest absolute Gasteiger partial charge is 0.487 e. The van der Waals surface area contributed by atoms with E-state index in [9.17, 15) is 4.79 Å². The van der Waals surface area contributed by atoms with Gasteiger partial charge in [0.05, 0.1) is 4.34 Å². The summed E-state index contributed by atoms with van der Waals surface area (Å²) in [5.74, 6) is -0.461. The molecular formula is C14H10Cl2O3S. The molecule has 3 nitrogen and oxygen atoms in total. The summed E-state index contributed by atoms with van der Waals surface area (Å²) in [5.41, 5.74) is 0.613. The van der Waals surface area contributed by atoms with Gasteiger partial charge >= 0.3 is 5.97 Å². The summed E-state index contributed by atoms with van der Waals surface area (Å²) in [4.78, 5) is 11.6. The Kier molecular flexibility index (Phi) is 5.06. The van der Waals surface area contributed by atoms with E-state index >= 15 is 0 Å². The van der Waals surface area contributed by atoms with Crippen LogP contribution in [0.25, 0.3) is 6.08 Å². The lowest BCUT2D eigenvalue weighted by molar-refractivity contribution is -0.131. The maximum Gasteiger partial charge on any atom is 0.328 e. The highest BCUT2D eigenvalue weighted by Crippen LogP contribution is 2.27. The van der Waals surface area contributed by atoms with Crippen molar-refractivity contribution in [3.63, 3.8) is 0 Å². The van der Waals surface area contributed by atoms with Gasteiger partial charge in [-0.25, -0.2) is 4.79 Å². The van der Waals surface area contributed by atoms with Crippen molar-refractivity contribution in [2.45, 2.75) is 6.61 Å². The van der Waals surface area contributed by atoms with Gasteiger partial charge in [0.25, 0.3) is 0 Å². The Morgan fingerprint density at radius 3 is 2.75 bits per heavy atom. The van der Waals surface area contributed by atoms with Gasteiger partial charge in [0, 0.05) is 21.5 Å². The second-order valence-corrected chi connectivity index (χ2v) is 6.08. The minimum atomic E-state index is -1.03. The normalized spacial score (nSPS) is 10.9. The van der Waals surface area contributed by atoms with Crippen LogP contribution in [0.2, 0.25) is 9.36 Å². The third-order valence-electron chi connectivity index (χ3n) is 2.38. The lowest BCUT2D eigenvalue weighted by atomic mass is 10.2. The maximum atomic E-state index is 10.6. The summed E-state index contributed by atoms with van der Waals surface area (Å²) in [5, 5.41) is 9.19. The zero-order valence-electron chi connectivity index (χ0n) is 10.2. The van der Waals surface area contributed by atoms with E-state index in [2.05, 4.69) is 0 Å². The molecule has 0 amide bonds. The van der Waals surface area contributed by atoms with Crippen molar-refractivity contribution in [3.8, 4) is 5.75 Å². The number of carbonyl (C=O) groups is 1. The smallest absolute Gasteiger partial charge is 0.328 e. The molecule has 0 unspecified atom stereocenters. The molecule has 1 N–H and O–H groups in total. The topological polar surface area (TPSA) is 46.5 Å². The molecule has 0 saturated heterocycles. The number of halogens is 2. The predicted octanol–water partition coefficient (Wildman–Crippen LogP) is 4.73. The summed E-state index contributed by atoms with van der Waals surface area (Å²) < 4.78 is 6.37. The molecule has 104 valence electrons. The first kappa shape index (κ1) is 14.9. The van der Waals surface area contributed by atoms with E-state index in [0.29, 0.717) is 27.3 Å². The Balaban J connectivity index is 2.15. The van der Waals surface area contributed by atoms with E-state index in [0.717, 1.165) is 11.0 Å². The fraction of sp³-hybridized carbons (Fsp3) is 0.0714. The SMILES string of the molecule is O=C(O)/C=C/c1cc(Cl)ccc1OCc1ccc(Cl)s1. The molecular weight excluding hydrogens is 319 g/mol. The molecule has 0 radical (unpaired) electrons. The highest BCUT2D eigenvalue weighted by Gasteiger charge is 2.05. The zero-order valence-corrected chi connectivity index (χ0v) is 12.5. The molecule has 2 aromatic rings. The van der Waals surface area contributed by atoms with Gasteiger partial charge in [0.2, 0.25) is 0 Å². The van der Waals surface area contributed by atoms with Crippen molar-refractivity contribution in [1.82, 2.24) is 0 Å². The number of carboxylic acids is 1. The fourth-order valence-corrected chi connectivity index (χ4v) is 2.70. The van der Waals surface area contributed by atoms with Crippen LogP contribution in [0.5, 0.6) is 5.75 Å². The van der Waals surface area contributed by atoms with Gasteiger partial charge in [-0.2, -0.15) is 0 Å². The number of aliphatic carboxylic acids is 1. The second kappa shape index (κ2) is 6.79. The number of rotatable bonds is 5. The number of benzene rings is 1. The highest BCUT2D eigenvalue weighted by molar-refractivity contribution is 7.16. The van der Waals surface area contributed by atoms with Gasteiger partial charge in [-0.15, -0.1) is 11.3 Å². The summed E-state index contributed by atoms with van der Waals surface area (Å²) in [7, 11) is 0. The Hall–Kier alpha value is -1.49. The van der Waals surface area contributed by atoms with Crippen LogP contribution < -0.4 is 4.74 Å². The molecule has 0 aliphatic rings. The summed E-state index contributed by atoms with van der Waals surface area (Å²) in [6.07, 6.45) is 2.49. The number of carboxylic acid groups (broad SMARTS) is 1. The zero-order chi connectivity index (χ0) is 14.5. The molecule has 20 heavy (non-hydrogen) atoms. The van der Waals surface area contributed by atoms with Crippen LogP contribution in [0.4, 0.5) is 0 Å². The highest BCUT2D eigenvalue weighted by atomic mass is 35.5. The molecule has 0 atom stereocenters. The van der Waals surface area contributed by atoms with Crippen LogP contribution in [0.1, 0.15) is 10.4 Å². The van der Waals surface area contributed by atoms with Gasteiger partial charge < -0.3 is 9.84 Å². The van der Waals surface area contributed by atoms with Crippen LogP contribution in [0, 0.1) is 0 Å². The third-order valence-corrected chi connectivity index (χ3v) is 3.82. The van der Waals surface area contributed by atoms with Gasteiger partial charge in [-0.05, 0) is 36.4 Å². The predicted molar refractivity (Wildman–Crippen MR) is 81.8 cm³/mol. The number of thiophene rings is 1. The third kappa shape index (κ3) is 4.27. The van der Waals surface area contributed by atoms with Crippen LogP contribution >= 0.6 is 34.5 Å². The molecule has 0 bridgehead atoms. The fourth-order valence-electron chi connectivity index (χ4n) is 1.52. The van der Waals surface area contributed by atoms with Gasteiger partial charge in [-0.3, -0.25) is 0 Å². The molecule has 2 rings (SSSR count). The molecule has 0 aliphatic heterocycles. The molecule has 1 heterocycles. The number of hydrogen-bond acceptors (Lipinski definition) is 3. The second-order valence-electron chi connectivity index (χ2n) is 3.85. The average molecular weight is 329 g/mol. The summed E-state index contributed by atoms with van der Waals surface area (Å²) in [6, 6.07) is 8.74. The lowest BCUT2D eigenvalue weighted by Gasteiger charge is -2.08. The van der Waals surface area contributed by atoms with E-state index in [1.807, 2.05) is 6.07 Å². The molecule has 0 fully saturated rings. The van der Waals surface area contributed by atoms with Crippen molar-refractivity contribution in [1.29, 1.82) is 0 Å². The molecule has 0 saturated carbocycles. The Labute approximate surface area is 130 Å². The molecule has 1 aromatic heterocycles. The van der Waals surface area contributed by atoms with Crippen molar-refractivity contribution < 1.29 is 14.6 Å². The van der Waals surface area contributed by atoms with Gasteiger partial charge in [0.1, 0.15) is 12.4 Å². The Morgan fingerprint density at radius 1 is 1.30 bits per heavy atom. The van der Waals surface area contributed by atoms with Crippen molar-refractivity contribution >= 4 is 46.6 Å². The van der Waals surface area contributed by atoms with Crippen LogP contribution in [-0.2, 0) is 11.4 Å². The quantitative estimate of drug-likeness (QED) is 0.807. The minimum Gasteiger partial charge on any atom is -0.487 e. The van der Waals surface area contributed by atoms with E-state index in [1.54, 1.807) is 24.3 Å². The summed E-state index contributed by atoms with van der Waals surface area (Å²) in [6.45, 7) is 0.368. The molecule has 1 aromatic carbocycles. The summed E-state index contributed by atoms with van der Waals surface area (Å²) >= 11 is 13.2. The van der Waals surface area contributed by atoms with E-state index < -0.39 is 5.97 Å². The van der Waals surface area contributed by atoms with Gasteiger partial charge in [-0.1, -0.05) is 23.2 Å². The maximum absolute atomic E-state index is 10.6. The Morgan fingerprint density at radius 2 is 2.10 bits per heavy atom. The van der Waals surface area contributed by atoms with Crippen LogP contribution in [0.3, 0.4) is 0 Å². The molecule has 6 heteroatoms. The number of hydrogen-bond donors (Lipinski definition) is 1. The van der Waals surface area contributed by atoms with Crippen molar-refractivity contribution in [2.24, 2.45) is 0 Å². The van der Waals surface area contributed by atoms with Crippen LogP contribution in [-0.4, -0.2) is 11.1 Å². The van der Waals surface area contributed by atoms with E-state index in [-0.39, 0.29) is 0 Å². The molecule has 0 aliphatic carbocycles. The Bertz CT molecular complexity index is 650. The first-order valence-electron chi connectivity index (χ1n) is 5.62. The lowest BCUT2D eigenvalue weighted by Crippen LogP contribution is -1.95. The average Bonchev–Trinajstić information content (AvgIpc) is 2.81. The van der Waals surface area contributed by atoms with E-state index in [4.69, 9.17) is 33.0 Å². The monoisotopic (exact) mass is 328 g/mol. The van der Waals surface area contributed by atoms with E-state index in [1.165, 1.54) is 17.4 Å². The standard InChI is InChI=1S/C14H10Cl2O3S/c15-10-2-4-12(9(7-10)1-6-14(17)18)19-8-11-3-5-13(16)20-11/h1-7H,8H2,(H,17,18)/b6-1+. The van der Waals surface area contributed by atoms with Crippen molar-refractivity contribution in [2.75, 3.05) is 0 Å². The minimum absolute atomic E-state index is 0.368. The van der Waals surface area contributed by atoms with Crippen LogP contribution in [0.15, 0.2) is 36.4 Å². The first-order chi connectivity index (χ1) is 9.54. The number of ether oxygens (including phenoxy) is 1.